The molecule has 0 unspecified atom stereocenters. The highest BCUT2D eigenvalue weighted by Gasteiger charge is 2.04. The van der Waals surface area contributed by atoms with Crippen LogP contribution in [-0.2, 0) is 16.1 Å². The maximum atomic E-state index is 10.6. The van der Waals surface area contributed by atoms with Gasteiger partial charge < -0.3 is 21.2 Å². The molecule has 0 aliphatic rings. The Balaban J connectivity index is 2.81. The molecule has 0 radical (unpaired) electrons. The number of rotatable bonds is 6. The lowest BCUT2D eigenvalue weighted by Crippen LogP contribution is -2.22. The summed E-state index contributed by atoms with van der Waals surface area (Å²) < 4.78 is 4.89. The van der Waals surface area contributed by atoms with E-state index >= 15 is 0 Å². The fourth-order valence-corrected chi connectivity index (χ4v) is 1.03. The fraction of sp³-hybridized carbons (Fsp3) is 0.375. The molecule has 8 nitrogen and oxygen atoms in total. The van der Waals surface area contributed by atoms with Gasteiger partial charge in [0.25, 0.3) is 0 Å². The summed E-state index contributed by atoms with van der Waals surface area (Å²) in [6, 6.07) is 1.56. The summed E-state index contributed by atoms with van der Waals surface area (Å²) in [5.41, 5.74) is 7.39. The molecule has 0 bridgehead atoms. The number of ether oxygens (including phenoxy) is 1. The summed E-state index contributed by atoms with van der Waals surface area (Å²) in [6.45, 7) is 0.244. The number of carbonyl (C=O) groups excluding carboxylic acids is 1. The van der Waals surface area contributed by atoms with Crippen LogP contribution >= 0.6 is 0 Å². The first kappa shape index (κ1) is 12.1. The van der Waals surface area contributed by atoms with Crippen LogP contribution in [0.2, 0.25) is 0 Å². The number of amides is 1. The van der Waals surface area contributed by atoms with Crippen molar-refractivity contribution in [2.45, 2.75) is 6.61 Å². The second kappa shape index (κ2) is 5.83. The first-order valence-corrected chi connectivity index (χ1v) is 4.51. The molecule has 0 saturated heterocycles. The minimum Gasteiger partial charge on any atom is -0.377 e. The minimum absolute atomic E-state index is 0.00650. The molecule has 0 aliphatic heterocycles. The number of methoxy groups -OCH3 is 1. The number of primary amides is 1. The molecular weight excluding hydrogens is 212 g/mol. The molecular formula is C8H14N6O2. The van der Waals surface area contributed by atoms with Gasteiger partial charge in [-0.15, -0.1) is 0 Å². The summed E-state index contributed by atoms with van der Waals surface area (Å²) in [5, 5.41) is 2.74. The number of nitrogen functional groups attached to an aromatic ring is 1. The van der Waals surface area contributed by atoms with Gasteiger partial charge in [-0.25, -0.2) is 15.8 Å². The molecule has 16 heavy (non-hydrogen) atoms. The van der Waals surface area contributed by atoms with Crippen LogP contribution in [-0.4, -0.2) is 29.5 Å². The third-order valence-electron chi connectivity index (χ3n) is 1.64. The number of hydrazine groups is 1. The summed E-state index contributed by atoms with van der Waals surface area (Å²) in [6.07, 6.45) is 0. The molecule has 0 spiro atoms. The Hall–Kier alpha value is -1.93. The van der Waals surface area contributed by atoms with E-state index in [1.165, 1.54) is 7.11 Å². The molecule has 88 valence electrons. The number of hydrogen-bond acceptors (Lipinski definition) is 7. The lowest BCUT2D eigenvalue weighted by molar-refractivity contribution is -0.116. The predicted molar refractivity (Wildman–Crippen MR) is 58.2 cm³/mol. The molecule has 6 N–H and O–H groups in total. The van der Waals surface area contributed by atoms with E-state index in [1.807, 2.05) is 0 Å². The van der Waals surface area contributed by atoms with Gasteiger partial charge in [-0.05, 0) is 0 Å². The summed E-state index contributed by atoms with van der Waals surface area (Å²) in [5.74, 6) is 6.09. The van der Waals surface area contributed by atoms with Crippen molar-refractivity contribution in [3.63, 3.8) is 0 Å². The molecule has 1 heterocycles. The van der Waals surface area contributed by atoms with Crippen LogP contribution < -0.4 is 22.3 Å². The third-order valence-corrected chi connectivity index (χ3v) is 1.64. The topological polar surface area (TPSA) is 128 Å². The molecule has 1 amide bonds. The van der Waals surface area contributed by atoms with Crippen LogP contribution in [0, 0.1) is 0 Å². The monoisotopic (exact) mass is 226 g/mol. The molecule has 1 rings (SSSR count). The molecule has 0 aromatic carbocycles. The Morgan fingerprint density at radius 2 is 2.19 bits per heavy atom. The van der Waals surface area contributed by atoms with Crippen molar-refractivity contribution in [3.8, 4) is 0 Å². The molecule has 0 fully saturated rings. The van der Waals surface area contributed by atoms with Crippen LogP contribution in [0.4, 0.5) is 11.6 Å². The molecule has 8 heteroatoms. The number of aromatic nitrogens is 2. The SMILES string of the molecule is COCc1nc(NN)cc(NCC(N)=O)n1. The highest BCUT2D eigenvalue weighted by molar-refractivity contribution is 5.78. The maximum absolute atomic E-state index is 10.6. The van der Waals surface area contributed by atoms with Crippen LogP contribution in [0.1, 0.15) is 5.82 Å². The Morgan fingerprint density at radius 3 is 2.75 bits per heavy atom. The zero-order chi connectivity index (χ0) is 12.0. The number of nitrogens with one attached hydrogen (secondary N) is 2. The van der Waals surface area contributed by atoms with Gasteiger partial charge in [-0.1, -0.05) is 0 Å². The molecule has 1 aromatic heterocycles. The van der Waals surface area contributed by atoms with Crippen molar-refractivity contribution in [1.29, 1.82) is 0 Å². The first-order chi connectivity index (χ1) is 7.65. The molecule has 0 saturated carbocycles. The lowest BCUT2D eigenvalue weighted by atomic mass is 10.4. The average molecular weight is 226 g/mol. The quantitative estimate of drug-likeness (QED) is 0.354. The van der Waals surface area contributed by atoms with E-state index in [2.05, 4.69) is 20.7 Å². The van der Waals surface area contributed by atoms with Gasteiger partial charge >= 0.3 is 0 Å². The number of anilines is 2. The van der Waals surface area contributed by atoms with Gasteiger partial charge in [0.2, 0.25) is 5.91 Å². The van der Waals surface area contributed by atoms with Gasteiger partial charge in [0.15, 0.2) is 5.82 Å². The van der Waals surface area contributed by atoms with Crippen molar-refractivity contribution in [2.24, 2.45) is 11.6 Å². The predicted octanol–water partition coefficient (Wildman–Crippen LogP) is -1.19. The van der Waals surface area contributed by atoms with Crippen LogP contribution in [0.5, 0.6) is 0 Å². The van der Waals surface area contributed by atoms with E-state index in [0.29, 0.717) is 17.5 Å². The fourth-order valence-electron chi connectivity index (χ4n) is 1.03. The number of nitrogens with two attached hydrogens (primary N) is 2. The van der Waals surface area contributed by atoms with Crippen molar-refractivity contribution < 1.29 is 9.53 Å². The maximum Gasteiger partial charge on any atom is 0.236 e. The lowest BCUT2D eigenvalue weighted by Gasteiger charge is -2.07. The summed E-state index contributed by atoms with van der Waals surface area (Å²) >= 11 is 0. The minimum atomic E-state index is -0.478. The van der Waals surface area contributed by atoms with Gasteiger partial charge in [0, 0.05) is 13.2 Å². The summed E-state index contributed by atoms with van der Waals surface area (Å²) in [7, 11) is 1.53. The molecule has 1 aromatic rings. The van der Waals surface area contributed by atoms with E-state index in [0.717, 1.165) is 0 Å². The van der Waals surface area contributed by atoms with Crippen molar-refractivity contribution in [2.75, 3.05) is 24.4 Å². The van der Waals surface area contributed by atoms with Crippen LogP contribution in [0.25, 0.3) is 0 Å². The van der Waals surface area contributed by atoms with E-state index in [4.69, 9.17) is 16.3 Å². The molecule has 0 aliphatic carbocycles. The van der Waals surface area contributed by atoms with Gasteiger partial charge in [0.1, 0.15) is 18.2 Å². The van der Waals surface area contributed by atoms with Gasteiger partial charge in [-0.2, -0.15) is 0 Å². The van der Waals surface area contributed by atoms with E-state index in [1.54, 1.807) is 6.07 Å². The van der Waals surface area contributed by atoms with Crippen LogP contribution in [0.15, 0.2) is 6.07 Å². The average Bonchev–Trinajstić information content (AvgIpc) is 2.26. The van der Waals surface area contributed by atoms with Gasteiger partial charge in [-0.3, -0.25) is 4.79 Å². The number of nitrogens with zero attached hydrogens (tertiary/aromatic N) is 2. The zero-order valence-electron chi connectivity index (χ0n) is 8.86. The summed E-state index contributed by atoms with van der Waals surface area (Å²) in [4.78, 5) is 18.7. The Kier molecular flexibility index (Phi) is 4.42. The largest absolute Gasteiger partial charge is 0.377 e. The smallest absolute Gasteiger partial charge is 0.236 e. The second-order valence-electron chi connectivity index (χ2n) is 2.95. The van der Waals surface area contributed by atoms with Crippen molar-refractivity contribution in [1.82, 2.24) is 9.97 Å². The second-order valence-corrected chi connectivity index (χ2v) is 2.95. The highest BCUT2D eigenvalue weighted by atomic mass is 16.5. The standard InChI is InChI=1S/C8H14N6O2/c1-16-4-8-12-6(11-3-5(9)15)2-7(13-8)14-10/h2H,3-4,10H2,1H3,(H2,9,15)(H2,11,12,13,14). The van der Waals surface area contributed by atoms with E-state index in [-0.39, 0.29) is 13.2 Å². The van der Waals surface area contributed by atoms with Crippen LogP contribution in [0.3, 0.4) is 0 Å². The van der Waals surface area contributed by atoms with E-state index < -0.39 is 5.91 Å². The Bertz CT molecular complexity index is 370. The molecule has 0 atom stereocenters. The zero-order valence-corrected chi connectivity index (χ0v) is 8.86. The van der Waals surface area contributed by atoms with Crippen molar-refractivity contribution >= 4 is 17.5 Å². The highest BCUT2D eigenvalue weighted by Crippen LogP contribution is 2.10. The van der Waals surface area contributed by atoms with Gasteiger partial charge in [0.05, 0.1) is 6.54 Å². The number of hydrogen-bond donors (Lipinski definition) is 4. The Morgan fingerprint density at radius 1 is 1.50 bits per heavy atom. The van der Waals surface area contributed by atoms with Crippen molar-refractivity contribution in [3.05, 3.63) is 11.9 Å². The van der Waals surface area contributed by atoms with E-state index in [9.17, 15) is 4.79 Å². The first-order valence-electron chi connectivity index (χ1n) is 4.51. The Labute approximate surface area is 92.4 Å². The normalized spacial score (nSPS) is 9.88. The number of carbonyl (C=O) groups is 1. The third kappa shape index (κ3) is 3.67.